The van der Waals surface area contributed by atoms with Crippen LogP contribution in [0, 0.1) is 19.7 Å². The molecule has 0 radical (unpaired) electrons. The number of hydrogen-bond acceptors (Lipinski definition) is 2. The van der Waals surface area contributed by atoms with Crippen molar-refractivity contribution in [3.05, 3.63) is 88.6 Å². The molecule has 0 amide bonds. The van der Waals surface area contributed by atoms with Crippen molar-refractivity contribution in [2.45, 2.75) is 33.4 Å². The van der Waals surface area contributed by atoms with E-state index in [4.69, 9.17) is 5.10 Å². The van der Waals surface area contributed by atoms with Crippen LogP contribution in [0.25, 0.3) is 10.9 Å². The van der Waals surface area contributed by atoms with Crippen LogP contribution in [0.15, 0.2) is 59.7 Å². The molecule has 0 aliphatic rings. The number of H-pyrrole nitrogens is 1. The zero-order chi connectivity index (χ0) is 22.5. The van der Waals surface area contributed by atoms with Gasteiger partial charge in [-0.15, -0.1) is 24.0 Å². The topological polar surface area (TPSA) is 70.0 Å². The van der Waals surface area contributed by atoms with Crippen molar-refractivity contribution in [3.8, 4) is 0 Å². The molecule has 4 rings (SSSR count). The molecule has 0 atom stereocenters. The summed E-state index contributed by atoms with van der Waals surface area (Å²) in [6.45, 7) is 6.28. The van der Waals surface area contributed by atoms with Gasteiger partial charge >= 0.3 is 0 Å². The molecule has 2 aromatic heterocycles. The largest absolute Gasteiger partial charge is 0.361 e. The molecule has 0 aliphatic carbocycles. The fourth-order valence-corrected chi connectivity index (χ4v) is 3.97. The predicted molar refractivity (Wildman–Crippen MR) is 143 cm³/mol. The fourth-order valence-electron chi connectivity index (χ4n) is 3.97. The lowest BCUT2D eigenvalue weighted by Crippen LogP contribution is -2.38. The van der Waals surface area contributed by atoms with E-state index < -0.39 is 0 Å². The summed E-state index contributed by atoms with van der Waals surface area (Å²) in [6.07, 6.45) is 2.75. The Balaban J connectivity index is 0.00000306. The monoisotopic (exact) mass is 560 g/mol. The first-order chi connectivity index (χ1) is 15.5. The Labute approximate surface area is 210 Å². The van der Waals surface area contributed by atoms with Crippen molar-refractivity contribution in [2.75, 3.05) is 13.6 Å². The third-order valence-electron chi connectivity index (χ3n) is 5.78. The summed E-state index contributed by atoms with van der Waals surface area (Å²) in [4.78, 5) is 7.48. The molecule has 0 saturated carbocycles. The number of rotatable bonds is 7. The normalized spacial score (nSPS) is 11.5. The van der Waals surface area contributed by atoms with Gasteiger partial charge in [0.2, 0.25) is 0 Å². The molecular weight excluding hydrogens is 530 g/mol. The molecule has 0 saturated heterocycles. The summed E-state index contributed by atoms with van der Waals surface area (Å²) in [5.74, 6) is 0.511. The number of benzene rings is 2. The van der Waals surface area contributed by atoms with Gasteiger partial charge in [0, 0.05) is 48.5 Å². The van der Waals surface area contributed by atoms with Crippen molar-refractivity contribution < 1.29 is 4.39 Å². The lowest BCUT2D eigenvalue weighted by molar-refractivity contribution is 0.629. The smallest absolute Gasteiger partial charge is 0.191 e. The van der Waals surface area contributed by atoms with Crippen LogP contribution in [-0.2, 0) is 19.5 Å². The molecule has 6 nitrogen and oxygen atoms in total. The van der Waals surface area contributed by atoms with Crippen LogP contribution in [0.2, 0.25) is 0 Å². The van der Waals surface area contributed by atoms with Crippen molar-refractivity contribution in [3.63, 3.8) is 0 Å². The highest BCUT2D eigenvalue weighted by Crippen LogP contribution is 2.19. The van der Waals surface area contributed by atoms with Crippen molar-refractivity contribution in [2.24, 2.45) is 4.99 Å². The van der Waals surface area contributed by atoms with Crippen LogP contribution in [0.5, 0.6) is 0 Å². The number of nitrogens with one attached hydrogen (secondary N) is 3. The first-order valence-corrected chi connectivity index (χ1v) is 10.8. The number of guanidine groups is 1. The lowest BCUT2D eigenvalue weighted by atomic mass is 10.1. The van der Waals surface area contributed by atoms with Crippen LogP contribution in [0.4, 0.5) is 4.39 Å². The average molecular weight is 560 g/mol. The molecule has 8 heteroatoms. The zero-order valence-electron chi connectivity index (χ0n) is 19.2. The maximum atomic E-state index is 13.4. The van der Waals surface area contributed by atoms with Gasteiger partial charge in [-0.1, -0.05) is 30.3 Å². The minimum atomic E-state index is -0.230. The second-order valence-electron chi connectivity index (χ2n) is 7.90. The number of halogens is 2. The summed E-state index contributed by atoms with van der Waals surface area (Å²) in [6, 6.07) is 15.2. The predicted octanol–water partition coefficient (Wildman–Crippen LogP) is 4.69. The van der Waals surface area contributed by atoms with Crippen LogP contribution in [0.1, 0.15) is 28.1 Å². The first-order valence-electron chi connectivity index (χ1n) is 10.8. The van der Waals surface area contributed by atoms with Gasteiger partial charge in [-0.05, 0) is 49.6 Å². The number of hydrogen-bond donors (Lipinski definition) is 3. The van der Waals surface area contributed by atoms with Crippen molar-refractivity contribution >= 4 is 40.8 Å². The van der Waals surface area contributed by atoms with Gasteiger partial charge in [0.05, 0.1) is 12.2 Å². The molecular formula is C25H30FIN6. The van der Waals surface area contributed by atoms with E-state index in [1.54, 1.807) is 7.05 Å². The van der Waals surface area contributed by atoms with E-state index in [0.717, 1.165) is 53.3 Å². The van der Waals surface area contributed by atoms with E-state index in [2.05, 4.69) is 44.3 Å². The van der Waals surface area contributed by atoms with E-state index in [9.17, 15) is 4.39 Å². The fraction of sp³-hybridized carbons (Fsp3) is 0.280. The first kappa shape index (κ1) is 24.8. The van der Waals surface area contributed by atoms with Crippen molar-refractivity contribution in [1.29, 1.82) is 0 Å². The molecule has 2 heterocycles. The Morgan fingerprint density at radius 2 is 1.91 bits per heavy atom. The second kappa shape index (κ2) is 11.3. The molecule has 3 N–H and O–H groups in total. The molecule has 4 aromatic rings. The Bertz CT molecular complexity index is 1230. The summed E-state index contributed by atoms with van der Waals surface area (Å²) in [5, 5.41) is 12.5. The standard InChI is InChI=1S/C25H29FN6.HI/c1-17-23(18(2)32(31-17)16-19-7-5-4-6-8-19)15-30-25(27-3)28-12-11-20-14-29-24-13-21(26)9-10-22(20)24;/h4-10,13-14,29H,11-12,15-16H2,1-3H3,(H2,27,28,30);1H. The minimum Gasteiger partial charge on any atom is -0.361 e. The second-order valence-corrected chi connectivity index (χ2v) is 7.90. The van der Waals surface area contributed by atoms with Crippen molar-refractivity contribution in [1.82, 2.24) is 25.4 Å². The van der Waals surface area contributed by atoms with E-state index >= 15 is 0 Å². The Kier molecular flexibility index (Phi) is 8.49. The van der Waals surface area contributed by atoms with E-state index in [1.807, 2.05) is 37.4 Å². The number of aromatic amines is 1. The molecule has 0 spiro atoms. The van der Waals surface area contributed by atoms with Gasteiger partial charge in [-0.25, -0.2) is 4.39 Å². The molecule has 0 fully saturated rings. The van der Waals surface area contributed by atoms with Gasteiger partial charge in [0.1, 0.15) is 5.82 Å². The number of aromatic nitrogens is 3. The number of aliphatic imine (C=N–C) groups is 1. The quantitative estimate of drug-likeness (QED) is 0.175. The maximum Gasteiger partial charge on any atom is 0.191 e. The summed E-state index contributed by atoms with van der Waals surface area (Å²) in [5.41, 5.74) is 6.56. The number of nitrogens with zero attached hydrogens (tertiary/aromatic N) is 3. The van der Waals surface area contributed by atoms with E-state index in [1.165, 1.54) is 23.3 Å². The van der Waals surface area contributed by atoms with Gasteiger partial charge in [0.25, 0.3) is 0 Å². The third-order valence-corrected chi connectivity index (χ3v) is 5.78. The average Bonchev–Trinajstić information content (AvgIpc) is 3.31. The highest BCUT2D eigenvalue weighted by Gasteiger charge is 2.12. The lowest BCUT2D eigenvalue weighted by Gasteiger charge is -2.12. The molecule has 0 bridgehead atoms. The zero-order valence-corrected chi connectivity index (χ0v) is 21.5. The molecule has 0 unspecified atom stereocenters. The summed E-state index contributed by atoms with van der Waals surface area (Å²) < 4.78 is 15.4. The third kappa shape index (κ3) is 5.93. The molecule has 33 heavy (non-hydrogen) atoms. The maximum absolute atomic E-state index is 13.4. The molecule has 0 aliphatic heterocycles. The van der Waals surface area contributed by atoms with E-state index in [0.29, 0.717) is 6.54 Å². The highest BCUT2D eigenvalue weighted by atomic mass is 127. The molecule has 2 aromatic carbocycles. The summed E-state index contributed by atoms with van der Waals surface area (Å²) in [7, 11) is 1.77. The van der Waals surface area contributed by atoms with Gasteiger partial charge in [-0.3, -0.25) is 9.67 Å². The Morgan fingerprint density at radius 1 is 1.12 bits per heavy atom. The molecule has 174 valence electrons. The SMILES string of the molecule is CN=C(NCCc1c[nH]c2cc(F)ccc12)NCc1c(C)nn(Cc2ccccc2)c1C.I. The summed E-state index contributed by atoms with van der Waals surface area (Å²) >= 11 is 0. The number of fused-ring (bicyclic) bond motifs is 1. The van der Waals surface area contributed by atoms with E-state index in [-0.39, 0.29) is 29.8 Å². The Morgan fingerprint density at radius 3 is 2.67 bits per heavy atom. The van der Waals surface area contributed by atoms with Gasteiger partial charge in [0.15, 0.2) is 5.96 Å². The van der Waals surface area contributed by atoms with Gasteiger partial charge < -0.3 is 15.6 Å². The van der Waals surface area contributed by atoms with Crippen LogP contribution in [0.3, 0.4) is 0 Å². The van der Waals surface area contributed by atoms with Gasteiger partial charge in [-0.2, -0.15) is 5.10 Å². The number of aryl methyl sites for hydroxylation is 1. The van der Waals surface area contributed by atoms with Crippen LogP contribution >= 0.6 is 24.0 Å². The van der Waals surface area contributed by atoms with Crippen LogP contribution < -0.4 is 10.6 Å². The Hall–Kier alpha value is -2.88. The van der Waals surface area contributed by atoms with Crippen LogP contribution in [-0.4, -0.2) is 34.3 Å². The minimum absolute atomic E-state index is 0. The highest BCUT2D eigenvalue weighted by molar-refractivity contribution is 14.0.